The molecule has 1 aliphatic rings. The van der Waals surface area contributed by atoms with Gasteiger partial charge in [0.05, 0.1) is 13.0 Å². The highest BCUT2D eigenvalue weighted by Gasteiger charge is 2.38. The van der Waals surface area contributed by atoms with Gasteiger partial charge >= 0.3 is 18.0 Å². The third kappa shape index (κ3) is 3.12. The Kier molecular flexibility index (Phi) is 4.52. The van der Waals surface area contributed by atoms with E-state index >= 15 is 0 Å². The lowest BCUT2D eigenvalue weighted by Gasteiger charge is -2.42. The molecule has 0 aliphatic carbocycles. The molecule has 1 unspecified atom stereocenters. The molecule has 0 saturated carbocycles. The predicted molar refractivity (Wildman–Crippen MR) is 61.9 cm³/mol. The fraction of sp³-hybridized carbons (Fsp3) is 0.727. The van der Waals surface area contributed by atoms with Gasteiger partial charge in [-0.05, 0) is 0 Å². The summed E-state index contributed by atoms with van der Waals surface area (Å²) in [7, 11) is 2.77. The number of hydrogen-bond acceptors (Lipinski definition) is 4. The van der Waals surface area contributed by atoms with Crippen molar-refractivity contribution in [1.82, 2.24) is 9.80 Å². The van der Waals surface area contributed by atoms with E-state index in [1.807, 2.05) is 0 Å². The van der Waals surface area contributed by atoms with Crippen LogP contribution in [0.4, 0.5) is 4.79 Å². The molecule has 7 nitrogen and oxygen atoms in total. The van der Waals surface area contributed by atoms with E-state index in [0.29, 0.717) is 13.1 Å². The number of carboxylic acids is 1. The van der Waals surface area contributed by atoms with Crippen molar-refractivity contribution in [3.63, 3.8) is 0 Å². The van der Waals surface area contributed by atoms with E-state index < -0.39 is 17.9 Å². The molecule has 0 aromatic rings. The van der Waals surface area contributed by atoms with Gasteiger partial charge in [0.15, 0.2) is 0 Å². The number of likely N-dealkylation sites (N-methyl/N-ethyl adjacent to an activating group) is 1. The van der Waals surface area contributed by atoms with Crippen LogP contribution in [0, 0.1) is 11.8 Å². The number of likely N-dealkylation sites (tertiary alicyclic amines) is 1. The molecule has 0 bridgehead atoms. The minimum Gasteiger partial charge on any atom is -0.481 e. The summed E-state index contributed by atoms with van der Waals surface area (Å²) in [4.78, 5) is 36.3. The molecule has 0 radical (unpaired) electrons. The average molecular weight is 258 g/mol. The lowest BCUT2D eigenvalue weighted by molar-refractivity contribution is -0.144. The van der Waals surface area contributed by atoms with Gasteiger partial charge in [-0.25, -0.2) is 4.79 Å². The molecule has 7 heteroatoms. The van der Waals surface area contributed by atoms with Crippen molar-refractivity contribution < 1.29 is 24.2 Å². The molecular weight excluding hydrogens is 240 g/mol. The zero-order valence-corrected chi connectivity index (χ0v) is 10.8. The first-order valence-corrected chi connectivity index (χ1v) is 5.66. The molecule has 1 saturated heterocycles. The minimum absolute atomic E-state index is 0.0158. The van der Waals surface area contributed by atoms with E-state index in [4.69, 9.17) is 5.11 Å². The molecule has 1 fully saturated rings. The van der Waals surface area contributed by atoms with Crippen LogP contribution in [-0.4, -0.2) is 66.7 Å². The first-order chi connectivity index (χ1) is 8.36. The van der Waals surface area contributed by atoms with Gasteiger partial charge in [0, 0.05) is 26.1 Å². The Hall–Kier alpha value is -1.79. The van der Waals surface area contributed by atoms with Gasteiger partial charge in [-0.1, -0.05) is 6.92 Å². The van der Waals surface area contributed by atoms with Crippen molar-refractivity contribution in [2.24, 2.45) is 11.8 Å². The van der Waals surface area contributed by atoms with E-state index in [0.717, 1.165) is 0 Å². The molecule has 0 spiro atoms. The molecule has 1 N–H and O–H groups in total. The number of urea groups is 1. The Morgan fingerprint density at radius 1 is 1.44 bits per heavy atom. The number of amides is 2. The van der Waals surface area contributed by atoms with E-state index in [-0.39, 0.29) is 18.5 Å². The van der Waals surface area contributed by atoms with E-state index in [1.54, 1.807) is 6.92 Å². The number of rotatable bonds is 4. The number of carboxylic acid groups (broad SMARTS) is 1. The summed E-state index contributed by atoms with van der Waals surface area (Å²) in [5.74, 6) is -1.81. The summed E-state index contributed by atoms with van der Waals surface area (Å²) in [6.07, 6.45) is 0. The van der Waals surface area contributed by atoms with Crippen LogP contribution >= 0.6 is 0 Å². The van der Waals surface area contributed by atoms with Gasteiger partial charge in [-0.2, -0.15) is 0 Å². The number of aliphatic carboxylic acids is 1. The average Bonchev–Trinajstić information content (AvgIpc) is 2.26. The highest BCUT2D eigenvalue weighted by atomic mass is 16.5. The Morgan fingerprint density at radius 3 is 2.44 bits per heavy atom. The summed E-state index contributed by atoms with van der Waals surface area (Å²) in [6.45, 7) is 2.35. The van der Waals surface area contributed by atoms with Gasteiger partial charge in [0.25, 0.3) is 0 Å². The van der Waals surface area contributed by atoms with Crippen molar-refractivity contribution in [2.75, 3.05) is 33.8 Å². The second-order valence-electron chi connectivity index (χ2n) is 4.51. The van der Waals surface area contributed by atoms with Crippen LogP contribution in [0.3, 0.4) is 0 Å². The second-order valence-corrected chi connectivity index (χ2v) is 4.51. The molecule has 1 aliphatic heterocycles. The maximum atomic E-state index is 11.8. The molecule has 102 valence electrons. The van der Waals surface area contributed by atoms with E-state index in [9.17, 15) is 14.4 Å². The highest BCUT2D eigenvalue weighted by Crippen LogP contribution is 2.24. The van der Waals surface area contributed by atoms with Crippen LogP contribution in [0.5, 0.6) is 0 Å². The first-order valence-electron chi connectivity index (χ1n) is 5.66. The highest BCUT2D eigenvalue weighted by molar-refractivity contribution is 5.81. The number of ether oxygens (including phenoxy) is 1. The van der Waals surface area contributed by atoms with Crippen LogP contribution in [0.25, 0.3) is 0 Å². The SMILES string of the molecule is COC(=O)CN(C)C(=O)N1CC(C(C)C(=O)O)C1. The summed E-state index contributed by atoms with van der Waals surface area (Å²) in [5, 5.41) is 8.83. The van der Waals surface area contributed by atoms with Crippen LogP contribution in [0.2, 0.25) is 0 Å². The van der Waals surface area contributed by atoms with Crippen LogP contribution in [0.1, 0.15) is 6.92 Å². The second kappa shape index (κ2) is 5.70. The molecule has 0 aromatic heterocycles. The minimum atomic E-state index is -0.852. The molecule has 1 atom stereocenters. The molecular formula is C11H18N2O5. The molecule has 18 heavy (non-hydrogen) atoms. The smallest absolute Gasteiger partial charge is 0.325 e. The first kappa shape index (κ1) is 14.3. The lowest BCUT2D eigenvalue weighted by Crippen LogP contribution is -2.57. The standard InChI is InChI=1S/C11H18N2O5/c1-7(10(15)16)8-4-13(5-8)11(17)12(2)6-9(14)18-3/h7-8H,4-6H2,1-3H3,(H,15,16). The zero-order valence-electron chi connectivity index (χ0n) is 10.8. The largest absolute Gasteiger partial charge is 0.481 e. The Balaban J connectivity index is 2.39. The number of hydrogen-bond donors (Lipinski definition) is 1. The molecule has 2 amide bonds. The van der Waals surface area contributed by atoms with Crippen molar-refractivity contribution in [3.8, 4) is 0 Å². The third-order valence-electron chi connectivity index (χ3n) is 3.20. The van der Waals surface area contributed by atoms with Crippen LogP contribution in [-0.2, 0) is 14.3 Å². The van der Waals surface area contributed by atoms with E-state index in [2.05, 4.69) is 4.74 Å². The van der Waals surface area contributed by atoms with Crippen molar-refractivity contribution in [2.45, 2.75) is 6.92 Å². The quantitative estimate of drug-likeness (QED) is 0.709. The summed E-state index contributed by atoms with van der Waals surface area (Å²) < 4.78 is 4.46. The van der Waals surface area contributed by atoms with Crippen LogP contribution in [0.15, 0.2) is 0 Å². The van der Waals surface area contributed by atoms with Gasteiger partial charge < -0.3 is 19.6 Å². The van der Waals surface area contributed by atoms with Crippen molar-refractivity contribution in [1.29, 1.82) is 0 Å². The molecule has 0 aromatic carbocycles. The number of carbonyl (C=O) groups is 3. The Bertz CT molecular complexity index is 351. The Labute approximate surface area is 105 Å². The van der Waals surface area contributed by atoms with Gasteiger partial charge in [0.2, 0.25) is 0 Å². The summed E-state index contributed by atoms with van der Waals surface area (Å²) >= 11 is 0. The summed E-state index contributed by atoms with van der Waals surface area (Å²) in [5.41, 5.74) is 0. The van der Waals surface area contributed by atoms with Crippen molar-refractivity contribution in [3.05, 3.63) is 0 Å². The number of nitrogens with zero attached hydrogens (tertiary/aromatic N) is 2. The molecule has 1 heterocycles. The fourth-order valence-corrected chi connectivity index (χ4v) is 1.75. The van der Waals surface area contributed by atoms with Gasteiger partial charge in [-0.3, -0.25) is 9.59 Å². The van der Waals surface area contributed by atoms with Gasteiger partial charge in [0.1, 0.15) is 6.54 Å². The maximum absolute atomic E-state index is 11.8. The third-order valence-corrected chi connectivity index (χ3v) is 3.20. The fourth-order valence-electron chi connectivity index (χ4n) is 1.75. The molecule has 1 rings (SSSR count). The normalized spacial score (nSPS) is 16.7. The van der Waals surface area contributed by atoms with Gasteiger partial charge in [-0.15, -0.1) is 0 Å². The zero-order chi connectivity index (χ0) is 13.9. The monoisotopic (exact) mass is 258 g/mol. The Morgan fingerprint density at radius 2 is 2.00 bits per heavy atom. The lowest BCUT2D eigenvalue weighted by atomic mass is 9.87. The number of methoxy groups -OCH3 is 1. The number of carbonyl (C=O) groups excluding carboxylic acids is 2. The number of esters is 1. The maximum Gasteiger partial charge on any atom is 0.325 e. The summed E-state index contributed by atoms with van der Waals surface area (Å²) in [6, 6.07) is -0.283. The predicted octanol–water partition coefficient (Wildman–Crippen LogP) is -0.136. The van der Waals surface area contributed by atoms with Crippen molar-refractivity contribution >= 4 is 18.0 Å². The van der Waals surface area contributed by atoms with Crippen LogP contribution < -0.4 is 0 Å². The topological polar surface area (TPSA) is 87.2 Å². The van der Waals surface area contributed by atoms with E-state index in [1.165, 1.54) is 24.0 Å².